The molecule has 2 aromatic carbocycles. The fourth-order valence-corrected chi connectivity index (χ4v) is 4.25. The van der Waals surface area contributed by atoms with Gasteiger partial charge in [0.05, 0.1) is 16.6 Å². The van der Waals surface area contributed by atoms with E-state index in [9.17, 15) is 9.18 Å². The average molecular weight is 412 g/mol. The Hall–Kier alpha value is -2.64. The highest BCUT2D eigenvalue weighted by atomic mass is 32.2. The maximum absolute atomic E-state index is 14.5. The van der Waals surface area contributed by atoms with Crippen molar-refractivity contribution in [3.63, 3.8) is 0 Å². The molecule has 0 bridgehead atoms. The second kappa shape index (κ2) is 8.16. The van der Waals surface area contributed by atoms with Crippen molar-refractivity contribution in [1.82, 2.24) is 5.01 Å². The van der Waals surface area contributed by atoms with Gasteiger partial charge in [0, 0.05) is 23.9 Å². The van der Waals surface area contributed by atoms with Gasteiger partial charge < -0.3 is 4.72 Å². The Balaban J connectivity index is 1.69. The number of rotatable bonds is 5. The number of thiophene rings is 1. The number of hydrogen-bond donors (Lipinski definition) is 1. The second-order valence-corrected chi connectivity index (χ2v) is 7.86. The minimum absolute atomic E-state index is 0.209. The molecule has 0 saturated heterocycles. The molecule has 1 N–H and O–H groups in total. The monoisotopic (exact) mass is 411 g/mol. The van der Waals surface area contributed by atoms with E-state index < -0.39 is 6.04 Å². The van der Waals surface area contributed by atoms with Crippen molar-refractivity contribution in [2.24, 2.45) is 5.10 Å². The van der Waals surface area contributed by atoms with Crippen LogP contribution in [0.1, 0.15) is 33.3 Å². The van der Waals surface area contributed by atoms with Crippen molar-refractivity contribution in [2.45, 2.75) is 12.5 Å². The summed E-state index contributed by atoms with van der Waals surface area (Å²) in [5.41, 5.74) is 3.17. The molecule has 1 amide bonds. The third-order valence-electron chi connectivity index (χ3n) is 4.55. The number of carbonyl (C=O) groups excluding carboxylic acids is 1. The summed E-state index contributed by atoms with van der Waals surface area (Å²) in [6.07, 6.45) is 2.43. The van der Waals surface area contributed by atoms with Gasteiger partial charge in [0.25, 0.3) is 5.91 Å². The van der Waals surface area contributed by atoms with Crippen LogP contribution in [0.15, 0.2) is 71.1 Å². The van der Waals surface area contributed by atoms with Crippen LogP contribution >= 0.6 is 23.3 Å². The maximum atomic E-state index is 14.5. The molecule has 4 nitrogen and oxygen atoms in total. The highest BCUT2D eigenvalue weighted by Gasteiger charge is 2.35. The number of hydrazone groups is 1. The topological polar surface area (TPSA) is 44.7 Å². The minimum atomic E-state index is -0.463. The molecule has 2 heterocycles. The predicted molar refractivity (Wildman–Crippen MR) is 114 cm³/mol. The van der Waals surface area contributed by atoms with Crippen LogP contribution in [0.4, 0.5) is 10.1 Å². The van der Waals surface area contributed by atoms with Crippen molar-refractivity contribution in [3.05, 3.63) is 87.9 Å². The van der Waals surface area contributed by atoms with E-state index in [1.165, 1.54) is 34.4 Å². The van der Waals surface area contributed by atoms with Gasteiger partial charge in [-0.1, -0.05) is 48.3 Å². The quantitative estimate of drug-likeness (QED) is 0.558. The summed E-state index contributed by atoms with van der Waals surface area (Å²) in [6, 6.07) is 17.6. The van der Waals surface area contributed by atoms with Crippen LogP contribution in [0, 0.1) is 5.82 Å². The molecular formula is C21H18FN3OS2. The zero-order valence-electron chi connectivity index (χ0n) is 15.1. The minimum Gasteiger partial charge on any atom is -0.330 e. The fourth-order valence-electron chi connectivity index (χ4n) is 3.22. The van der Waals surface area contributed by atoms with Gasteiger partial charge in [-0.15, -0.1) is 11.3 Å². The molecule has 7 heteroatoms. The number of anilines is 1. The largest absolute Gasteiger partial charge is 0.330 e. The van der Waals surface area contributed by atoms with Gasteiger partial charge in [-0.3, -0.25) is 4.79 Å². The average Bonchev–Trinajstić information content (AvgIpc) is 3.39. The first-order valence-electron chi connectivity index (χ1n) is 8.76. The zero-order valence-corrected chi connectivity index (χ0v) is 16.8. The van der Waals surface area contributed by atoms with Gasteiger partial charge in [-0.2, -0.15) is 5.10 Å². The molecule has 1 aliphatic heterocycles. The second-order valence-electron chi connectivity index (χ2n) is 6.30. The Morgan fingerprint density at radius 1 is 1.18 bits per heavy atom. The Bertz CT molecular complexity index is 1000. The molecule has 1 atom stereocenters. The summed E-state index contributed by atoms with van der Waals surface area (Å²) in [6.45, 7) is 0. The lowest BCUT2D eigenvalue weighted by molar-refractivity contribution is 0.0713. The van der Waals surface area contributed by atoms with E-state index in [1.54, 1.807) is 24.3 Å². The number of amides is 1. The van der Waals surface area contributed by atoms with Crippen LogP contribution < -0.4 is 4.72 Å². The van der Waals surface area contributed by atoms with E-state index in [4.69, 9.17) is 0 Å². The molecule has 28 heavy (non-hydrogen) atoms. The zero-order chi connectivity index (χ0) is 19.5. The summed E-state index contributed by atoms with van der Waals surface area (Å²) in [4.78, 5) is 13.6. The van der Waals surface area contributed by atoms with Crippen molar-refractivity contribution < 1.29 is 9.18 Å². The number of halogens is 1. The van der Waals surface area contributed by atoms with Crippen molar-refractivity contribution in [1.29, 1.82) is 0 Å². The molecule has 3 aromatic rings. The molecule has 0 radical (unpaired) electrons. The van der Waals surface area contributed by atoms with Gasteiger partial charge in [0.2, 0.25) is 0 Å². The lowest BCUT2D eigenvalue weighted by Gasteiger charge is -2.21. The Labute approximate surface area is 171 Å². The molecule has 142 valence electrons. The number of hydrogen-bond acceptors (Lipinski definition) is 5. The van der Waals surface area contributed by atoms with Crippen LogP contribution in [0.3, 0.4) is 0 Å². The molecule has 1 aliphatic rings. The Morgan fingerprint density at radius 3 is 2.64 bits per heavy atom. The summed E-state index contributed by atoms with van der Waals surface area (Å²) in [7, 11) is 0. The summed E-state index contributed by atoms with van der Waals surface area (Å²) in [5.74, 6) is -0.536. The van der Waals surface area contributed by atoms with E-state index in [0.29, 0.717) is 16.9 Å². The van der Waals surface area contributed by atoms with Crippen LogP contribution in [-0.4, -0.2) is 22.9 Å². The van der Waals surface area contributed by atoms with Crippen molar-refractivity contribution in [2.75, 3.05) is 11.0 Å². The summed E-state index contributed by atoms with van der Waals surface area (Å²) in [5, 5.41) is 7.88. The smallest absolute Gasteiger partial charge is 0.284 e. The number of benzene rings is 2. The van der Waals surface area contributed by atoms with Gasteiger partial charge in [-0.25, -0.2) is 9.40 Å². The van der Waals surface area contributed by atoms with E-state index in [2.05, 4.69) is 9.82 Å². The van der Waals surface area contributed by atoms with Gasteiger partial charge in [0.1, 0.15) is 5.82 Å². The molecule has 0 fully saturated rings. The number of nitrogens with one attached hydrogen (secondary N) is 1. The first-order chi connectivity index (χ1) is 13.7. The van der Waals surface area contributed by atoms with E-state index in [-0.39, 0.29) is 11.7 Å². The van der Waals surface area contributed by atoms with Crippen LogP contribution in [-0.2, 0) is 0 Å². The first-order valence-corrected chi connectivity index (χ1v) is 10.9. The Morgan fingerprint density at radius 2 is 1.96 bits per heavy atom. The van der Waals surface area contributed by atoms with Crippen LogP contribution in [0.25, 0.3) is 0 Å². The normalized spacial score (nSPS) is 16.1. The molecule has 0 saturated carbocycles. The first kappa shape index (κ1) is 18.7. The third kappa shape index (κ3) is 3.68. The molecular weight excluding hydrogens is 393 g/mol. The summed E-state index contributed by atoms with van der Waals surface area (Å²) >= 11 is 2.88. The predicted octanol–water partition coefficient (Wildman–Crippen LogP) is 5.57. The number of nitrogens with zero attached hydrogens (tertiary/aromatic N) is 2. The van der Waals surface area contributed by atoms with Gasteiger partial charge in [-0.05, 0) is 35.2 Å². The highest BCUT2D eigenvalue weighted by Crippen LogP contribution is 2.35. The van der Waals surface area contributed by atoms with Crippen LogP contribution in [0.2, 0.25) is 0 Å². The van der Waals surface area contributed by atoms with Crippen LogP contribution in [0.5, 0.6) is 0 Å². The molecule has 1 unspecified atom stereocenters. The standard InChI is InChI=1S/C21H18FN3OS2/c1-27-24-15-10-8-14(9-11-15)18-13-19(16-5-2-3-6-17(16)22)25(23-18)21(26)20-7-4-12-28-20/h2-12,19,24H,13H2,1H3. The van der Waals surface area contributed by atoms with E-state index in [0.717, 1.165) is 17.0 Å². The molecule has 0 spiro atoms. The maximum Gasteiger partial charge on any atom is 0.284 e. The highest BCUT2D eigenvalue weighted by molar-refractivity contribution is 7.99. The fraction of sp³-hybridized carbons (Fsp3) is 0.143. The van der Waals surface area contributed by atoms with E-state index in [1.807, 2.05) is 42.0 Å². The van der Waals surface area contributed by atoms with Crippen molar-refractivity contribution in [3.8, 4) is 0 Å². The van der Waals surface area contributed by atoms with Gasteiger partial charge >= 0.3 is 0 Å². The van der Waals surface area contributed by atoms with E-state index >= 15 is 0 Å². The summed E-state index contributed by atoms with van der Waals surface area (Å²) < 4.78 is 17.7. The lowest BCUT2D eigenvalue weighted by atomic mass is 9.98. The molecule has 1 aromatic heterocycles. The van der Waals surface area contributed by atoms with Gasteiger partial charge in [0.15, 0.2) is 0 Å². The SMILES string of the molecule is CSNc1ccc(C2=NN(C(=O)c3cccs3)C(c3ccccc3F)C2)cc1. The van der Waals surface area contributed by atoms with Crippen molar-refractivity contribution >= 4 is 40.6 Å². The number of carbonyl (C=O) groups is 1. The third-order valence-corrected chi connectivity index (χ3v) is 5.85. The Kier molecular flexibility index (Phi) is 5.45. The lowest BCUT2D eigenvalue weighted by Crippen LogP contribution is -2.27. The molecule has 0 aliphatic carbocycles. The molecule has 4 rings (SSSR count).